The van der Waals surface area contributed by atoms with E-state index in [9.17, 15) is 43.2 Å². The number of unbranched alkanes of at least 4 members (excludes halogenated alkanes) is 45. The predicted molar refractivity (Wildman–Crippen MR) is 414 cm³/mol. The first-order valence-corrected chi connectivity index (χ1v) is 44.8. The number of rotatable bonds is 79. The van der Waals surface area contributed by atoms with Crippen molar-refractivity contribution >= 4 is 39.5 Å². The molecule has 0 aromatic rings. The van der Waals surface area contributed by atoms with Gasteiger partial charge in [0.15, 0.2) is 12.2 Å². The number of esters is 4. The molecule has 0 aromatic heterocycles. The van der Waals surface area contributed by atoms with Gasteiger partial charge in [0.05, 0.1) is 26.4 Å². The number of aliphatic hydroxyl groups excluding tert-OH is 1. The molecule has 17 nitrogen and oxygen atoms in total. The minimum absolute atomic E-state index is 0.102. The SMILES string of the molecule is CCCCCC/C=C\C=C/CCCCCCCC(=O)OC[C@H](COP(=O)(O)OC[C@@H](O)COP(=O)(O)OC[C@@H](COC(=O)CCCCCCCCC(C)CC)OC(=O)CCCCCCCCCCCCCCC(C)C)OC(=O)CCCCCCCCCCCCCCCCCCCCCCC. The average molecular weight is 1480 g/mol. The molecule has 0 aliphatic carbocycles. The molecule has 3 unspecified atom stereocenters. The van der Waals surface area contributed by atoms with E-state index in [1.165, 1.54) is 199 Å². The first-order valence-electron chi connectivity index (χ1n) is 41.8. The predicted octanol–water partition coefficient (Wildman–Crippen LogP) is 24.2. The summed E-state index contributed by atoms with van der Waals surface area (Å²) in [6.07, 6.45) is 66.1. The quantitative estimate of drug-likeness (QED) is 0.0169. The van der Waals surface area contributed by atoms with Crippen LogP contribution in [0.2, 0.25) is 0 Å². The molecule has 0 rings (SSSR count). The van der Waals surface area contributed by atoms with Crippen LogP contribution in [0, 0.1) is 11.8 Å². The molecular weight excluding hydrogens is 1320 g/mol. The summed E-state index contributed by atoms with van der Waals surface area (Å²) >= 11 is 0. The molecule has 19 heteroatoms. The van der Waals surface area contributed by atoms with Crippen LogP contribution in [0.4, 0.5) is 0 Å². The summed E-state index contributed by atoms with van der Waals surface area (Å²) in [7, 11) is -9.93. The fourth-order valence-corrected chi connectivity index (χ4v) is 13.7. The van der Waals surface area contributed by atoms with E-state index >= 15 is 0 Å². The van der Waals surface area contributed by atoms with Gasteiger partial charge < -0.3 is 33.8 Å². The van der Waals surface area contributed by atoms with E-state index in [4.69, 9.17) is 37.0 Å². The highest BCUT2D eigenvalue weighted by Gasteiger charge is 2.30. The van der Waals surface area contributed by atoms with Crippen molar-refractivity contribution in [1.82, 2.24) is 0 Å². The maximum atomic E-state index is 13.1. The Morgan fingerprint density at radius 2 is 0.584 bits per heavy atom. The van der Waals surface area contributed by atoms with Gasteiger partial charge in [-0.25, -0.2) is 9.13 Å². The van der Waals surface area contributed by atoms with Crippen LogP contribution in [0.25, 0.3) is 0 Å². The van der Waals surface area contributed by atoms with E-state index in [1.807, 2.05) is 0 Å². The molecule has 101 heavy (non-hydrogen) atoms. The molecule has 0 saturated carbocycles. The third kappa shape index (κ3) is 74.2. The minimum Gasteiger partial charge on any atom is -0.462 e. The molecule has 0 aliphatic heterocycles. The molecule has 0 bridgehead atoms. The van der Waals surface area contributed by atoms with Gasteiger partial charge in [-0.15, -0.1) is 0 Å². The summed E-state index contributed by atoms with van der Waals surface area (Å²) < 4.78 is 68.7. The van der Waals surface area contributed by atoms with Crippen molar-refractivity contribution < 1.29 is 80.2 Å². The largest absolute Gasteiger partial charge is 0.472 e. The first-order chi connectivity index (χ1) is 48.9. The monoisotopic (exact) mass is 1480 g/mol. The normalized spacial score (nSPS) is 14.3. The lowest BCUT2D eigenvalue weighted by molar-refractivity contribution is -0.161. The Hall–Kier alpha value is -2.46. The van der Waals surface area contributed by atoms with Gasteiger partial charge in [0.25, 0.3) is 0 Å². The molecule has 0 saturated heterocycles. The lowest BCUT2D eigenvalue weighted by Crippen LogP contribution is -2.30. The van der Waals surface area contributed by atoms with Gasteiger partial charge in [-0.3, -0.25) is 37.3 Å². The Bertz CT molecular complexity index is 2040. The van der Waals surface area contributed by atoms with Crippen molar-refractivity contribution in [3.05, 3.63) is 24.3 Å². The zero-order valence-electron chi connectivity index (χ0n) is 65.7. The summed E-state index contributed by atoms with van der Waals surface area (Å²) in [4.78, 5) is 73.0. The maximum absolute atomic E-state index is 13.1. The Balaban J connectivity index is 5.26. The van der Waals surface area contributed by atoms with Crippen molar-refractivity contribution in [1.29, 1.82) is 0 Å². The summed E-state index contributed by atoms with van der Waals surface area (Å²) in [6.45, 7) is 9.53. The number of hydrogen-bond acceptors (Lipinski definition) is 15. The van der Waals surface area contributed by atoms with Crippen molar-refractivity contribution in [2.24, 2.45) is 11.8 Å². The molecule has 3 N–H and O–H groups in total. The van der Waals surface area contributed by atoms with Crippen molar-refractivity contribution in [2.45, 2.75) is 426 Å². The van der Waals surface area contributed by atoms with Gasteiger partial charge in [-0.05, 0) is 63.2 Å². The second kappa shape index (κ2) is 73.1. The number of phosphoric ester groups is 2. The highest BCUT2D eigenvalue weighted by Crippen LogP contribution is 2.45. The Morgan fingerprint density at radius 1 is 0.327 bits per heavy atom. The van der Waals surface area contributed by atoms with Crippen LogP contribution >= 0.6 is 15.6 Å². The zero-order chi connectivity index (χ0) is 74.2. The smallest absolute Gasteiger partial charge is 0.462 e. The lowest BCUT2D eigenvalue weighted by atomic mass is 10.00. The third-order valence-electron chi connectivity index (χ3n) is 18.9. The molecule has 596 valence electrons. The van der Waals surface area contributed by atoms with Crippen LogP contribution < -0.4 is 0 Å². The Kier molecular flexibility index (Phi) is 71.3. The van der Waals surface area contributed by atoms with Gasteiger partial charge in [0.2, 0.25) is 0 Å². The highest BCUT2D eigenvalue weighted by molar-refractivity contribution is 7.47. The summed E-state index contributed by atoms with van der Waals surface area (Å²) in [5.41, 5.74) is 0. The van der Waals surface area contributed by atoms with Crippen LogP contribution in [-0.2, 0) is 65.4 Å². The molecule has 0 aliphatic rings. The number of ether oxygens (including phenoxy) is 4. The molecule has 0 heterocycles. The van der Waals surface area contributed by atoms with E-state index in [-0.39, 0.29) is 25.7 Å². The first kappa shape index (κ1) is 98.5. The summed E-state index contributed by atoms with van der Waals surface area (Å²) in [5.74, 6) is -0.636. The number of hydrogen-bond donors (Lipinski definition) is 3. The fraction of sp³-hybridized carbons (Fsp3) is 0.902. The third-order valence-corrected chi connectivity index (χ3v) is 20.8. The molecule has 0 radical (unpaired) electrons. The van der Waals surface area contributed by atoms with Gasteiger partial charge in [0, 0.05) is 25.7 Å². The minimum atomic E-state index is -4.97. The topological polar surface area (TPSA) is 237 Å². The second-order valence-electron chi connectivity index (χ2n) is 29.5. The Morgan fingerprint density at radius 3 is 0.891 bits per heavy atom. The van der Waals surface area contributed by atoms with Crippen molar-refractivity contribution in [3.8, 4) is 0 Å². The molecule has 0 aromatic carbocycles. The maximum Gasteiger partial charge on any atom is 0.472 e. The van der Waals surface area contributed by atoms with Gasteiger partial charge in [-0.1, -0.05) is 355 Å². The highest BCUT2D eigenvalue weighted by atomic mass is 31.2. The number of aliphatic hydroxyl groups is 1. The van der Waals surface area contributed by atoms with Gasteiger partial charge >= 0.3 is 39.5 Å². The van der Waals surface area contributed by atoms with Gasteiger partial charge in [-0.2, -0.15) is 0 Å². The standard InChI is InChI=1S/C82H156O17P2/c1-7-10-12-14-16-18-20-22-24-25-26-27-28-29-31-33-38-42-46-54-60-66-81(86)98-77(70-92-79(84)64-58-52-45-41-37-32-30-23-21-19-17-15-13-11-8-2)72-96-100(88,89)94-68-76(83)69-95-101(90,91)97-73-78(71-93-80(85)65-59-53-49-48-51-57-63-75(6)9-3)99-82(87)67-61-55-47-43-39-35-34-36-40-44-50-56-62-74(4)5/h19,21,23,30,74-78,83H,7-18,20,22,24-29,31-73H2,1-6H3,(H,88,89)(H,90,91)/b21-19-,30-23-/t75?,76-,77-,78-/m1/s1. The van der Waals surface area contributed by atoms with Crippen LogP contribution in [-0.4, -0.2) is 96.7 Å². The summed E-state index contributed by atoms with van der Waals surface area (Å²) in [6, 6.07) is 0. The lowest BCUT2D eigenvalue weighted by Gasteiger charge is -2.21. The molecular formula is C82H156O17P2. The van der Waals surface area contributed by atoms with Crippen LogP contribution in [0.15, 0.2) is 24.3 Å². The van der Waals surface area contributed by atoms with Crippen molar-refractivity contribution in [3.63, 3.8) is 0 Å². The van der Waals surface area contributed by atoms with E-state index in [2.05, 4.69) is 65.8 Å². The molecule has 0 spiro atoms. The van der Waals surface area contributed by atoms with Crippen LogP contribution in [0.3, 0.4) is 0 Å². The summed E-state index contributed by atoms with van der Waals surface area (Å²) in [5, 5.41) is 10.6. The second-order valence-corrected chi connectivity index (χ2v) is 32.5. The number of carbonyl (C=O) groups is 4. The van der Waals surface area contributed by atoms with E-state index in [1.54, 1.807) is 0 Å². The van der Waals surface area contributed by atoms with Crippen LogP contribution in [0.1, 0.15) is 408 Å². The zero-order valence-corrected chi connectivity index (χ0v) is 67.5. The molecule has 0 amide bonds. The number of allylic oxidation sites excluding steroid dienone is 4. The number of carbonyl (C=O) groups excluding carboxylic acids is 4. The van der Waals surface area contributed by atoms with Crippen molar-refractivity contribution in [2.75, 3.05) is 39.6 Å². The van der Waals surface area contributed by atoms with Crippen LogP contribution in [0.5, 0.6) is 0 Å². The van der Waals surface area contributed by atoms with E-state index in [0.717, 1.165) is 127 Å². The molecule has 6 atom stereocenters. The number of phosphoric acid groups is 2. The fourth-order valence-electron chi connectivity index (χ4n) is 12.1. The van der Waals surface area contributed by atoms with Gasteiger partial charge in [0.1, 0.15) is 19.3 Å². The van der Waals surface area contributed by atoms with E-state index in [0.29, 0.717) is 25.7 Å². The molecule has 0 fully saturated rings. The Labute approximate surface area is 618 Å². The van der Waals surface area contributed by atoms with E-state index < -0.39 is 97.5 Å². The average Bonchev–Trinajstić information content (AvgIpc) is 0.963.